The van der Waals surface area contributed by atoms with Gasteiger partial charge >= 0.3 is 5.95 Å². The third-order valence-electron chi connectivity index (χ3n) is 3.44. The molecule has 20 heavy (non-hydrogen) atoms. The van der Waals surface area contributed by atoms with E-state index < -0.39 is 0 Å². The van der Waals surface area contributed by atoms with Gasteiger partial charge in [0.1, 0.15) is 11.3 Å². The van der Waals surface area contributed by atoms with Crippen LogP contribution in [0.3, 0.4) is 0 Å². The van der Waals surface area contributed by atoms with Crippen LogP contribution in [0.25, 0.3) is 22.1 Å². The number of ether oxygens (including phenoxy) is 1. The van der Waals surface area contributed by atoms with Gasteiger partial charge in [0.05, 0.1) is 12.7 Å². The highest BCUT2D eigenvalue weighted by Gasteiger charge is 2.20. The van der Waals surface area contributed by atoms with Gasteiger partial charge in [0.25, 0.3) is 0 Å². The Morgan fingerprint density at radius 1 is 1.00 bits per heavy atom. The topological polar surface area (TPSA) is 42.3 Å². The lowest BCUT2D eigenvalue weighted by molar-refractivity contribution is 0.263. The van der Waals surface area contributed by atoms with Gasteiger partial charge in [-0.3, -0.25) is 0 Å². The molecule has 0 spiro atoms. The first kappa shape index (κ1) is 12.6. The molecule has 0 N–H and O–H groups in total. The third kappa shape index (κ3) is 1.92. The van der Waals surface area contributed by atoms with E-state index in [1.165, 1.54) is 0 Å². The summed E-state index contributed by atoms with van der Waals surface area (Å²) >= 11 is 0. The van der Waals surface area contributed by atoms with E-state index in [-0.39, 0.29) is 5.95 Å². The molecule has 0 amide bonds. The zero-order valence-electron chi connectivity index (χ0n) is 11.7. The molecule has 0 bridgehead atoms. The van der Waals surface area contributed by atoms with Crippen molar-refractivity contribution in [3.8, 4) is 22.8 Å². The van der Waals surface area contributed by atoms with Crippen molar-refractivity contribution in [3.63, 3.8) is 0 Å². The summed E-state index contributed by atoms with van der Waals surface area (Å²) in [6.07, 6.45) is 0. The van der Waals surface area contributed by atoms with E-state index in [9.17, 15) is 5.11 Å². The Labute approximate surface area is 117 Å². The highest BCUT2D eigenvalue weighted by molar-refractivity contribution is 5.99. The summed E-state index contributed by atoms with van der Waals surface area (Å²) in [5.41, 5.74) is 4.12. The monoisotopic (exact) mass is 267 g/mol. The first-order valence-corrected chi connectivity index (χ1v) is 6.45. The maximum Gasteiger partial charge on any atom is 0.345 e. The Morgan fingerprint density at radius 2 is 1.70 bits per heavy atom. The summed E-state index contributed by atoms with van der Waals surface area (Å²) in [5, 5.41) is 13.0. The van der Waals surface area contributed by atoms with Crippen LogP contribution in [0.4, 0.5) is 0 Å². The van der Waals surface area contributed by atoms with Crippen molar-refractivity contribution in [2.24, 2.45) is 0 Å². The van der Waals surface area contributed by atoms with Crippen molar-refractivity contribution < 1.29 is 14.3 Å². The summed E-state index contributed by atoms with van der Waals surface area (Å²) in [6, 6.07) is 11.5. The van der Waals surface area contributed by atoms with Gasteiger partial charge in [0.15, 0.2) is 0 Å². The Hall–Kier alpha value is -2.42. The van der Waals surface area contributed by atoms with Crippen LogP contribution in [-0.2, 0) is 5.11 Å². The summed E-state index contributed by atoms with van der Waals surface area (Å²) in [4.78, 5) is 0. The fourth-order valence-corrected chi connectivity index (χ4v) is 2.46. The van der Waals surface area contributed by atoms with E-state index in [0.717, 1.165) is 22.1 Å². The second kappa shape index (κ2) is 4.60. The minimum absolute atomic E-state index is 0.325. The van der Waals surface area contributed by atoms with Crippen LogP contribution in [0.2, 0.25) is 0 Å². The average molecular weight is 267 g/mol. The molecule has 3 heteroatoms. The van der Waals surface area contributed by atoms with E-state index in [0.29, 0.717) is 16.9 Å². The molecular formula is C17H15O3. The molecule has 0 unspecified atom stereocenters. The second-order valence-corrected chi connectivity index (χ2v) is 4.97. The molecule has 3 rings (SSSR count). The number of fused-ring (bicyclic) bond motifs is 1. The van der Waals surface area contributed by atoms with E-state index in [2.05, 4.69) is 0 Å². The van der Waals surface area contributed by atoms with Crippen LogP contribution in [0.5, 0.6) is 11.7 Å². The van der Waals surface area contributed by atoms with Gasteiger partial charge in [0, 0.05) is 10.9 Å². The van der Waals surface area contributed by atoms with Gasteiger partial charge in [-0.2, -0.15) is 0 Å². The molecule has 3 nitrogen and oxygen atoms in total. The molecule has 0 aliphatic heterocycles. The summed E-state index contributed by atoms with van der Waals surface area (Å²) in [5.74, 6) is 0.353. The third-order valence-corrected chi connectivity index (χ3v) is 3.44. The summed E-state index contributed by atoms with van der Waals surface area (Å²) in [7, 11) is 1.60. The van der Waals surface area contributed by atoms with Gasteiger partial charge in [-0.1, -0.05) is 23.3 Å². The zero-order chi connectivity index (χ0) is 14.3. The Balaban J connectivity index is 2.37. The largest absolute Gasteiger partial charge is 0.496 e. The van der Waals surface area contributed by atoms with Crippen molar-refractivity contribution in [2.45, 2.75) is 13.8 Å². The standard InChI is InChI=1S/C17H15O3/c1-10-4-6-14(19-3)12(8-10)16-13-9-11(2)5-7-15(13)20-17(16)18/h4-9H,1-3H3. The smallest absolute Gasteiger partial charge is 0.345 e. The number of aryl methyl sites for hydroxylation is 2. The number of benzene rings is 2. The van der Waals surface area contributed by atoms with Gasteiger partial charge < -0.3 is 9.15 Å². The SMILES string of the molecule is COc1ccc(C)cc1-c1c([O])oc2ccc(C)cc12. The van der Waals surface area contributed by atoms with Crippen LogP contribution in [-0.4, -0.2) is 7.11 Å². The van der Waals surface area contributed by atoms with Crippen LogP contribution >= 0.6 is 0 Å². The minimum atomic E-state index is -0.325. The molecule has 2 aromatic carbocycles. The Morgan fingerprint density at radius 3 is 2.45 bits per heavy atom. The maximum atomic E-state index is 12.2. The first-order valence-electron chi connectivity index (χ1n) is 6.45. The van der Waals surface area contributed by atoms with Crippen molar-refractivity contribution >= 4 is 11.0 Å². The molecule has 0 saturated carbocycles. The van der Waals surface area contributed by atoms with E-state index in [1.807, 2.05) is 50.2 Å². The van der Waals surface area contributed by atoms with Gasteiger partial charge in [-0.15, -0.1) is 0 Å². The lowest BCUT2D eigenvalue weighted by Crippen LogP contribution is -1.88. The molecular weight excluding hydrogens is 252 g/mol. The Kier molecular flexibility index (Phi) is 2.90. The molecule has 0 atom stereocenters. The van der Waals surface area contributed by atoms with Crippen LogP contribution in [0.1, 0.15) is 11.1 Å². The molecule has 0 aliphatic rings. The molecule has 0 aliphatic carbocycles. The van der Waals surface area contributed by atoms with E-state index in [1.54, 1.807) is 7.11 Å². The summed E-state index contributed by atoms with van der Waals surface area (Å²) < 4.78 is 10.7. The maximum absolute atomic E-state index is 12.2. The van der Waals surface area contributed by atoms with Crippen LogP contribution < -0.4 is 4.74 Å². The fourth-order valence-electron chi connectivity index (χ4n) is 2.46. The average Bonchev–Trinajstić information content (AvgIpc) is 2.74. The Bertz CT molecular complexity index is 784. The van der Waals surface area contributed by atoms with Gasteiger partial charge in [0.2, 0.25) is 0 Å². The summed E-state index contributed by atoms with van der Waals surface area (Å²) in [6.45, 7) is 3.98. The second-order valence-electron chi connectivity index (χ2n) is 4.97. The molecule has 1 heterocycles. The molecule has 1 radical (unpaired) electrons. The molecule has 101 valence electrons. The van der Waals surface area contributed by atoms with Crippen molar-refractivity contribution in [2.75, 3.05) is 7.11 Å². The van der Waals surface area contributed by atoms with E-state index >= 15 is 0 Å². The van der Waals surface area contributed by atoms with Gasteiger partial charge in [-0.25, -0.2) is 5.11 Å². The molecule has 0 saturated heterocycles. The first-order chi connectivity index (χ1) is 9.60. The zero-order valence-corrected chi connectivity index (χ0v) is 11.7. The lowest BCUT2D eigenvalue weighted by Gasteiger charge is -2.08. The molecule has 1 aromatic heterocycles. The van der Waals surface area contributed by atoms with Gasteiger partial charge in [-0.05, 0) is 38.1 Å². The minimum Gasteiger partial charge on any atom is -0.496 e. The highest BCUT2D eigenvalue weighted by Crippen LogP contribution is 2.44. The number of hydrogen-bond donors (Lipinski definition) is 0. The number of methoxy groups -OCH3 is 1. The highest BCUT2D eigenvalue weighted by atomic mass is 16.5. The van der Waals surface area contributed by atoms with Crippen LogP contribution in [0, 0.1) is 13.8 Å². The predicted molar refractivity (Wildman–Crippen MR) is 77.8 cm³/mol. The van der Waals surface area contributed by atoms with Crippen molar-refractivity contribution in [3.05, 3.63) is 47.5 Å². The number of furan rings is 1. The van der Waals surface area contributed by atoms with E-state index in [4.69, 9.17) is 9.15 Å². The quantitative estimate of drug-likeness (QED) is 0.664. The van der Waals surface area contributed by atoms with Crippen molar-refractivity contribution in [1.29, 1.82) is 0 Å². The molecule has 3 aromatic rings. The molecule has 0 fully saturated rings. The predicted octanol–water partition coefficient (Wildman–Crippen LogP) is 4.87. The lowest BCUT2D eigenvalue weighted by atomic mass is 10.00. The fraction of sp³-hybridized carbons (Fsp3) is 0.176. The van der Waals surface area contributed by atoms with Crippen molar-refractivity contribution in [1.82, 2.24) is 0 Å². The van der Waals surface area contributed by atoms with Crippen LogP contribution in [0.15, 0.2) is 40.8 Å². The normalized spacial score (nSPS) is 10.9. The number of hydrogen-bond acceptors (Lipinski definition) is 2. The number of rotatable bonds is 2.